The van der Waals surface area contributed by atoms with Gasteiger partial charge in [-0.2, -0.15) is 5.10 Å². The van der Waals surface area contributed by atoms with Crippen molar-refractivity contribution in [3.63, 3.8) is 0 Å². The van der Waals surface area contributed by atoms with Gasteiger partial charge in [0, 0.05) is 0 Å². The Balaban J connectivity index is 1.80. The molecule has 0 radical (unpaired) electrons. The van der Waals surface area contributed by atoms with Crippen LogP contribution < -0.4 is 10.9 Å². The smallest absolute Gasteiger partial charge is 0.284 e. The van der Waals surface area contributed by atoms with Gasteiger partial charge in [-0.3, -0.25) is 4.79 Å². The van der Waals surface area contributed by atoms with Crippen LogP contribution in [0.1, 0.15) is 19.3 Å². The summed E-state index contributed by atoms with van der Waals surface area (Å²) in [5.74, 6) is 2.41. The molecule has 2 saturated heterocycles. The Hall–Kier alpha value is -1.32. The molecular weight excluding hydrogens is 310 g/mol. The average molecular weight is 324 g/mol. The number of hydrogen-bond acceptors (Lipinski definition) is 4. The van der Waals surface area contributed by atoms with Gasteiger partial charge < -0.3 is 10.1 Å². The second-order valence-electron chi connectivity index (χ2n) is 4.90. The third-order valence-electron chi connectivity index (χ3n) is 3.67. The number of rotatable bonds is 3. The summed E-state index contributed by atoms with van der Waals surface area (Å²) in [6, 6.07) is 0.264. The summed E-state index contributed by atoms with van der Waals surface area (Å²) < 4.78 is 7.51. The molecule has 1 aromatic heterocycles. The summed E-state index contributed by atoms with van der Waals surface area (Å²) in [5, 5.41) is 7.41. The summed E-state index contributed by atoms with van der Waals surface area (Å²) in [6.07, 6.45) is 10.7. The fourth-order valence-electron chi connectivity index (χ4n) is 2.75. The summed E-state index contributed by atoms with van der Waals surface area (Å²) >= 11 is 3.32. The lowest BCUT2D eigenvalue weighted by molar-refractivity contribution is 0.102. The first kappa shape index (κ1) is 12.7. The molecule has 0 amide bonds. The molecule has 2 fully saturated rings. The van der Waals surface area contributed by atoms with E-state index in [-0.39, 0.29) is 24.2 Å². The number of nitrogens with zero attached hydrogens (tertiary/aromatic N) is 2. The fraction of sp³-hybridized carbons (Fsp3) is 0.538. The Morgan fingerprint density at radius 2 is 2.47 bits per heavy atom. The Kier molecular flexibility index (Phi) is 3.33. The molecule has 0 saturated carbocycles. The van der Waals surface area contributed by atoms with Crippen molar-refractivity contribution in [3.05, 3.63) is 21.0 Å². The number of anilines is 1. The second kappa shape index (κ2) is 4.99. The third-order valence-corrected chi connectivity index (χ3v) is 4.44. The zero-order valence-electron chi connectivity index (χ0n) is 10.3. The molecule has 3 unspecified atom stereocenters. The normalized spacial score (nSPS) is 28.3. The number of halogens is 1. The lowest BCUT2D eigenvalue weighted by atomic mass is 9.95. The Morgan fingerprint density at radius 1 is 1.63 bits per heavy atom. The minimum absolute atomic E-state index is 0.176. The van der Waals surface area contributed by atoms with Crippen LogP contribution in [0.4, 0.5) is 5.69 Å². The molecule has 6 heteroatoms. The van der Waals surface area contributed by atoms with E-state index in [1.165, 1.54) is 4.68 Å². The van der Waals surface area contributed by atoms with Crippen molar-refractivity contribution in [1.29, 1.82) is 0 Å². The number of terminal acetylenes is 1. The Morgan fingerprint density at radius 3 is 3.11 bits per heavy atom. The highest BCUT2D eigenvalue weighted by atomic mass is 79.9. The van der Waals surface area contributed by atoms with Crippen LogP contribution in [0.3, 0.4) is 0 Å². The molecular formula is C13H14BrN3O2. The first-order valence-corrected chi connectivity index (χ1v) is 7.09. The van der Waals surface area contributed by atoms with Crippen molar-refractivity contribution in [1.82, 2.24) is 9.78 Å². The minimum Gasteiger partial charge on any atom is -0.377 e. The van der Waals surface area contributed by atoms with E-state index < -0.39 is 0 Å². The van der Waals surface area contributed by atoms with E-state index >= 15 is 0 Å². The lowest BCUT2D eigenvalue weighted by Crippen LogP contribution is -2.32. The van der Waals surface area contributed by atoms with Gasteiger partial charge in [0.1, 0.15) is 11.0 Å². The van der Waals surface area contributed by atoms with Gasteiger partial charge in [-0.15, -0.1) is 6.42 Å². The summed E-state index contributed by atoms with van der Waals surface area (Å²) in [4.78, 5) is 12.0. The van der Waals surface area contributed by atoms with E-state index in [1.807, 2.05) is 0 Å². The van der Waals surface area contributed by atoms with Crippen LogP contribution in [0.15, 0.2) is 15.5 Å². The molecule has 5 nitrogen and oxygen atoms in total. The molecule has 3 atom stereocenters. The molecule has 2 aliphatic heterocycles. The predicted molar refractivity (Wildman–Crippen MR) is 75.0 cm³/mol. The van der Waals surface area contributed by atoms with Gasteiger partial charge in [-0.25, -0.2) is 4.68 Å². The van der Waals surface area contributed by atoms with Gasteiger partial charge in [0.2, 0.25) is 0 Å². The van der Waals surface area contributed by atoms with Gasteiger partial charge in [0.15, 0.2) is 0 Å². The topological polar surface area (TPSA) is 56.1 Å². The quantitative estimate of drug-likeness (QED) is 0.854. The molecule has 3 rings (SSSR count). The lowest BCUT2D eigenvalue weighted by Gasteiger charge is -2.21. The summed E-state index contributed by atoms with van der Waals surface area (Å²) in [6.45, 7) is 0.176. The monoisotopic (exact) mass is 323 g/mol. The molecule has 2 bridgehead atoms. The first-order valence-electron chi connectivity index (χ1n) is 6.30. The third kappa shape index (κ3) is 2.28. The van der Waals surface area contributed by atoms with Crippen LogP contribution in [-0.4, -0.2) is 28.0 Å². The molecule has 0 aliphatic carbocycles. The highest BCUT2D eigenvalue weighted by Gasteiger charge is 2.40. The highest BCUT2D eigenvalue weighted by Crippen LogP contribution is 2.36. The van der Waals surface area contributed by atoms with E-state index in [4.69, 9.17) is 11.2 Å². The maximum Gasteiger partial charge on any atom is 0.284 e. The fourth-order valence-corrected chi connectivity index (χ4v) is 3.18. The van der Waals surface area contributed by atoms with Gasteiger partial charge in [-0.1, -0.05) is 5.92 Å². The largest absolute Gasteiger partial charge is 0.377 e. The minimum atomic E-state index is -0.216. The molecule has 19 heavy (non-hydrogen) atoms. The number of fused-ring (bicyclic) bond motifs is 2. The van der Waals surface area contributed by atoms with E-state index in [1.54, 1.807) is 6.20 Å². The van der Waals surface area contributed by atoms with Crippen molar-refractivity contribution in [3.8, 4) is 12.3 Å². The summed E-state index contributed by atoms with van der Waals surface area (Å²) in [7, 11) is 0. The van der Waals surface area contributed by atoms with Crippen molar-refractivity contribution >= 4 is 21.6 Å². The maximum atomic E-state index is 12.0. The van der Waals surface area contributed by atoms with E-state index in [2.05, 4.69) is 32.3 Å². The van der Waals surface area contributed by atoms with Crippen molar-refractivity contribution in [2.45, 2.75) is 44.1 Å². The number of nitrogens with one attached hydrogen (secondary N) is 1. The molecule has 2 aliphatic rings. The Labute approximate surface area is 119 Å². The maximum absolute atomic E-state index is 12.0. The van der Waals surface area contributed by atoms with E-state index in [0.717, 1.165) is 19.3 Å². The number of aromatic nitrogens is 2. The van der Waals surface area contributed by atoms with Crippen molar-refractivity contribution < 1.29 is 4.74 Å². The Bertz CT molecular complexity index is 593. The summed E-state index contributed by atoms with van der Waals surface area (Å²) in [5.41, 5.74) is 0.492. The van der Waals surface area contributed by atoms with Gasteiger partial charge in [-0.05, 0) is 35.2 Å². The first-order chi connectivity index (χ1) is 9.19. The van der Waals surface area contributed by atoms with Crippen LogP contribution in [0.25, 0.3) is 0 Å². The number of ether oxygens (including phenoxy) is 1. The van der Waals surface area contributed by atoms with E-state index in [0.29, 0.717) is 16.3 Å². The molecule has 100 valence electrons. The average Bonchev–Trinajstić information content (AvgIpc) is 3.01. The van der Waals surface area contributed by atoms with Gasteiger partial charge in [0.05, 0.1) is 30.1 Å². The van der Waals surface area contributed by atoms with Crippen molar-refractivity contribution in [2.24, 2.45) is 0 Å². The molecule has 3 heterocycles. The molecule has 1 aromatic rings. The van der Waals surface area contributed by atoms with Crippen LogP contribution >= 0.6 is 15.9 Å². The van der Waals surface area contributed by atoms with Crippen LogP contribution in [0.5, 0.6) is 0 Å². The van der Waals surface area contributed by atoms with Gasteiger partial charge >= 0.3 is 0 Å². The SMILES string of the molecule is C#CCn1ncc(NC2CC3CCC2O3)c(Br)c1=O. The van der Waals surface area contributed by atoms with Crippen LogP contribution in [0, 0.1) is 12.3 Å². The van der Waals surface area contributed by atoms with Crippen molar-refractivity contribution in [2.75, 3.05) is 5.32 Å². The molecule has 0 spiro atoms. The van der Waals surface area contributed by atoms with Gasteiger partial charge in [0.25, 0.3) is 5.56 Å². The standard InChI is InChI=1S/C13H14BrN3O2/c1-2-5-17-13(18)12(14)10(7-15-17)16-9-6-8-3-4-11(9)19-8/h1,7-9,11,16H,3-6H2. The van der Waals surface area contributed by atoms with Crippen LogP contribution in [-0.2, 0) is 11.3 Å². The zero-order chi connectivity index (χ0) is 13.4. The molecule has 0 aromatic carbocycles. The second-order valence-corrected chi connectivity index (χ2v) is 5.69. The zero-order valence-corrected chi connectivity index (χ0v) is 11.9. The predicted octanol–water partition coefficient (Wildman–Crippen LogP) is 1.37. The number of hydrogen-bond donors (Lipinski definition) is 1. The van der Waals surface area contributed by atoms with E-state index in [9.17, 15) is 4.79 Å². The molecule has 1 N–H and O–H groups in total. The highest BCUT2D eigenvalue weighted by molar-refractivity contribution is 9.10. The van der Waals surface area contributed by atoms with Crippen LogP contribution in [0.2, 0.25) is 0 Å².